The van der Waals surface area contributed by atoms with Gasteiger partial charge in [-0.25, -0.2) is 0 Å². The number of hydrogen-bond acceptors (Lipinski definition) is 1. The monoisotopic (exact) mass is 306 g/mol. The first-order valence-corrected chi connectivity index (χ1v) is 6.32. The largest absolute Gasteiger partial charge is 1.00 e. The van der Waals surface area contributed by atoms with Gasteiger partial charge in [-0.3, -0.25) is 4.79 Å². The van der Waals surface area contributed by atoms with Gasteiger partial charge < -0.3 is 26.8 Å². The molecule has 0 aliphatic carbocycles. The van der Waals surface area contributed by atoms with Gasteiger partial charge in [-0.1, -0.05) is 6.58 Å². The fourth-order valence-electron chi connectivity index (χ4n) is 2.36. The van der Waals surface area contributed by atoms with Gasteiger partial charge in [-0.15, -0.1) is 0 Å². The molecule has 0 spiro atoms. The lowest BCUT2D eigenvalue weighted by Crippen LogP contribution is -3.00. The number of amides is 1. The molecule has 0 aliphatic heterocycles. The maximum absolute atomic E-state index is 11.0. The van der Waals surface area contributed by atoms with Gasteiger partial charge in [0.1, 0.15) is 0 Å². The van der Waals surface area contributed by atoms with Crippen molar-refractivity contribution in [3.05, 3.63) is 12.7 Å². The Kier molecular flexibility index (Phi) is 10.8. The molecule has 0 bridgehead atoms. The summed E-state index contributed by atoms with van der Waals surface area (Å²) in [7, 11) is 0. The fourth-order valence-corrected chi connectivity index (χ4v) is 2.36. The van der Waals surface area contributed by atoms with E-state index in [9.17, 15) is 4.79 Å². The number of rotatable bonds is 8. The number of halogens is 1. The molecule has 0 aromatic heterocycles. The number of hydrogen-bond donors (Lipinski definition) is 1. The summed E-state index contributed by atoms with van der Waals surface area (Å²) in [6, 6.07) is 0.588. The van der Waals surface area contributed by atoms with Gasteiger partial charge in [0.2, 0.25) is 5.91 Å². The number of nitrogens with one attached hydrogen (secondary N) is 1. The smallest absolute Gasteiger partial charge is 0.243 e. The van der Waals surface area contributed by atoms with Crippen molar-refractivity contribution in [1.82, 2.24) is 5.32 Å². The van der Waals surface area contributed by atoms with Gasteiger partial charge in [0.15, 0.2) is 0 Å². The van der Waals surface area contributed by atoms with Crippen LogP contribution in [0.5, 0.6) is 0 Å². The van der Waals surface area contributed by atoms with E-state index in [1.54, 1.807) is 0 Å². The van der Waals surface area contributed by atoms with Gasteiger partial charge in [0, 0.05) is 13.0 Å². The highest BCUT2D eigenvalue weighted by molar-refractivity contribution is 5.86. The maximum Gasteiger partial charge on any atom is 0.243 e. The molecule has 1 N–H and O–H groups in total. The van der Waals surface area contributed by atoms with Crippen molar-refractivity contribution >= 4 is 5.91 Å². The molecule has 0 radical (unpaired) electrons. The van der Waals surface area contributed by atoms with E-state index in [1.807, 2.05) is 0 Å². The van der Waals surface area contributed by atoms with E-state index < -0.39 is 0 Å². The Bertz CT molecular complexity index is 219. The summed E-state index contributed by atoms with van der Waals surface area (Å²) in [5, 5.41) is 2.84. The van der Waals surface area contributed by atoms with Crippen LogP contribution in [-0.4, -0.2) is 42.6 Å². The number of carbonyl (C=O) groups excluding carboxylic acids is 1. The van der Waals surface area contributed by atoms with Crippen molar-refractivity contribution in [2.24, 2.45) is 0 Å². The maximum atomic E-state index is 11.0. The second-order valence-electron chi connectivity index (χ2n) is 4.30. The molecular weight excluding hydrogens is 280 g/mol. The Morgan fingerprint density at radius 2 is 1.76 bits per heavy atom. The summed E-state index contributed by atoms with van der Waals surface area (Å²) in [4.78, 5) is 11.0. The molecule has 0 aliphatic rings. The molecule has 4 heteroatoms. The quantitative estimate of drug-likeness (QED) is 0.450. The summed E-state index contributed by atoms with van der Waals surface area (Å²) < 4.78 is 1.13. The fraction of sp³-hybridized carbons (Fsp3) is 0.769. The number of nitrogens with zero attached hydrogens (tertiary/aromatic N) is 1. The predicted octanol–water partition coefficient (Wildman–Crippen LogP) is -1.05. The summed E-state index contributed by atoms with van der Waals surface area (Å²) in [5.41, 5.74) is 0. The van der Waals surface area contributed by atoms with Gasteiger partial charge in [-0.2, -0.15) is 0 Å². The Morgan fingerprint density at radius 3 is 2.12 bits per heavy atom. The van der Waals surface area contributed by atoms with Gasteiger partial charge >= 0.3 is 0 Å². The molecule has 1 amide bonds. The van der Waals surface area contributed by atoms with Crippen molar-refractivity contribution in [2.75, 3.05) is 26.2 Å². The van der Waals surface area contributed by atoms with E-state index >= 15 is 0 Å². The zero-order valence-electron chi connectivity index (χ0n) is 11.6. The number of carbonyl (C=O) groups is 1. The first-order valence-electron chi connectivity index (χ1n) is 6.32. The normalized spacial score (nSPS) is 12.5. The van der Waals surface area contributed by atoms with E-state index in [4.69, 9.17) is 0 Å². The zero-order chi connectivity index (χ0) is 12.6. The minimum atomic E-state index is -0.0743. The topological polar surface area (TPSA) is 29.1 Å². The van der Waals surface area contributed by atoms with Crippen LogP contribution >= 0.6 is 0 Å². The van der Waals surface area contributed by atoms with Gasteiger partial charge in [0.05, 0.1) is 25.7 Å². The predicted molar refractivity (Wildman–Crippen MR) is 69.2 cm³/mol. The van der Waals surface area contributed by atoms with Gasteiger partial charge in [-0.05, 0) is 33.8 Å². The van der Waals surface area contributed by atoms with E-state index in [0.717, 1.165) is 37.1 Å². The van der Waals surface area contributed by atoms with E-state index in [1.165, 1.54) is 6.08 Å². The molecule has 17 heavy (non-hydrogen) atoms. The molecular formula is C13H27BrN2O. The lowest BCUT2D eigenvalue weighted by Gasteiger charge is -2.41. The standard InChI is InChI=1S/C13H26N2O.BrH/c1-6-13(16)14-11-10-12(5)15(7-2,8-3)9-4;/h6,12H,1,7-11H2,2-5H3;1H. The third kappa shape index (κ3) is 5.68. The highest BCUT2D eigenvalue weighted by Crippen LogP contribution is 2.15. The first-order chi connectivity index (χ1) is 7.56. The van der Waals surface area contributed by atoms with E-state index in [0.29, 0.717) is 6.04 Å². The van der Waals surface area contributed by atoms with Crippen LogP contribution in [0.1, 0.15) is 34.1 Å². The SMILES string of the molecule is C=CC(=O)NCCC(C)[N+](CC)(CC)CC.[Br-]. The van der Waals surface area contributed by atoms with Crippen LogP contribution in [0.25, 0.3) is 0 Å². The minimum absolute atomic E-state index is 0. The summed E-state index contributed by atoms with van der Waals surface area (Å²) in [6.45, 7) is 16.7. The summed E-state index contributed by atoms with van der Waals surface area (Å²) in [6.07, 6.45) is 2.35. The highest BCUT2D eigenvalue weighted by Gasteiger charge is 2.27. The van der Waals surface area contributed by atoms with E-state index in [-0.39, 0.29) is 22.9 Å². The second kappa shape index (κ2) is 9.66. The van der Waals surface area contributed by atoms with Crippen molar-refractivity contribution in [2.45, 2.75) is 40.2 Å². The third-order valence-corrected chi connectivity index (χ3v) is 3.87. The third-order valence-electron chi connectivity index (χ3n) is 3.87. The summed E-state index contributed by atoms with van der Waals surface area (Å²) >= 11 is 0. The second-order valence-corrected chi connectivity index (χ2v) is 4.30. The first kappa shape index (κ1) is 19.0. The molecule has 0 saturated carbocycles. The van der Waals surface area contributed by atoms with Crippen LogP contribution in [-0.2, 0) is 4.79 Å². The molecule has 102 valence electrons. The molecule has 0 saturated heterocycles. The van der Waals surface area contributed by atoms with Crippen molar-refractivity contribution in [1.29, 1.82) is 0 Å². The van der Waals surface area contributed by atoms with Crippen LogP contribution in [0.15, 0.2) is 12.7 Å². The molecule has 0 aromatic rings. The molecule has 0 rings (SSSR count). The van der Waals surface area contributed by atoms with Crippen LogP contribution < -0.4 is 22.3 Å². The lowest BCUT2D eigenvalue weighted by molar-refractivity contribution is -0.945. The highest BCUT2D eigenvalue weighted by atomic mass is 79.9. The van der Waals surface area contributed by atoms with Crippen molar-refractivity contribution < 1.29 is 26.3 Å². The molecule has 1 atom stereocenters. The molecule has 0 aromatic carbocycles. The number of quaternary nitrogens is 1. The zero-order valence-corrected chi connectivity index (χ0v) is 13.2. The van der Waals surface area contributed by atoms with Crippen LogP contribution in [0.4, 0.5) is 0 Å². The molecule has 0 heterocycles. The lowest BCUT2D eigenvalue weighted by atomic mass is 10.1. The minimum Gasteiger partial charge on any atom is -1.00 e. The van der Waals surface area contributed by atoms with E-state index in [2.05, 4.69) is 39.6 Å². The van der Waals surface area contributed by atoms with Crippen molar-refractivity contribution in [3.63, 3.8) is 0 Å². The van der Waals surface area contributed by atoms with Crippen LogP contribution in [0, 0.1) is 0 Å². The van der Waals surface area contributed by atoms with Crippen molar-refractivity contribution in [3.8, 4) is 0 Å². The van der Waals surface area contributed by atoms with Crippen LogP contribution in [0.2, 0.25) is 0 Å². The Morgan fingerprint density at radius 1 is 1.29 bits per heavy atom. The average Bonchev–Trinajstić information content (AvgIpc) is 2.31. The van der Waals surface area contributed by atoms with Gasteiger partial charge in [0.25, 0.3) is 0 Å². The molecule has 3 nitrogen and oxygen atoms in total. The Hall–Kier alpha value is -0.350. The Labute approximate surface area is 117 Å². The molecule has 1 unspecified atom stereocenters. The average molecular weight is 307 g/mol. The molecule has 0 fully saturated rings. The summed E-state index contributed by atoms with van der Waals surface area (Å²) in [5.74, 6) is -0.0743. The van der Waals surface area contributed by atoms with Crippen LogP contribution in [0.3, 0.4) is 0 Å². The Balaban J connectivity index is 0.